The second-order valence-corrected chi connectivity index (χ2v) is 4.42. The summed E-state index contributed by atoms with van der Waals surface area (Å²) < 4.78 is 5.15. The van der Waals surface area contributed by atoms with Gasteiger partial charge < -0.3 is 9.64 Å². The van der Waals surface area contributed by atoms with E-state index in [1.165, 1.54) is 11.0 Å². The first kappa shape index (κ1) is 12.7. The molecule has 1 amide bonds. The van der Waals surface area contributed by atoms with Crippen molar-refractivity contribution in [1.82, 2.24) is 4.90 Å². The predicted molar refractivity (Wildman–Crippen MR) is 60.7 cm³/mol. The van der Waals surface area contributed by atoms with E-state index in [1.54, 1.807) is 0 Å². The third kappa shape index (κ3) is 3.08. The molecule has 1 aliphatic heterocycles. The number of carbonyl (C=O) groups excluding carboxylic acids is 2. The highest BCUT2D eigenvalue weighted by Crippen LogP contribution is 2.19. The molecule has 0 aromatic rings. The first-order chi connectivity index (χ1) is 7.56. The van der Waals surface area contributed by atoms with Crippen LogP contribution in [0.2, 0.25) is 0 Å². The summed E-state index contributed by atoms with van der Waals surface area (Å²) in [6.45, 7) is 8.42. The van der Waals surface area contributed by atoms with Crippen LogP contribution in [-0.2, 0) is 14.3 Å². The Morgan fingerprint density at radius 3 is 2.81 bits per heavy atom. The van der Waals surface area contributed by atoms with Crippen molar-refractivity contribution in [3.63, 3.8) is 0 Å². The molecular formula is C12H19NO3. The summed E-state index contributed by atoms with van der Waals surface area (Å²) in [5.74, 6) is -0.167. The maximum absolute atomic E-state index is 11.7. The van der Waals surface area contributed by atoms with Crippen LogP contribution in [0, 0.1) is 5.92 Å². The first-order valence-corrected chi connectivity index (χ1v) is 5.66. The van der Waals surface area contributed by atoms with Gasteiger partial charge in [-0.25, -0.2) is 4.79 Å². The van der Waals surface area contributed by atoms with Crippen LogP contribution in [0.25, 0.3) is 0 Å². The molecule has 0 saturated carbocycles. The maximum atomic E-state index is 11.7. The van der Waals surface area contributed by atoms with Crippen molar-refractivity contribution >= 4 is 11.9 Å². The fraction of sp³-hybridized carbons (Fsp3) is 0.667. The van der Waals surface area contributed by atoms with E-state index in [0.29, 0.717) is 25.5 Å². The van der Waals surface area contributed by atoms with Gasteiger partial charge in [0.15, 0.2) is 0 Å². The molecule has 0 N–H and O–H groups in total. The summed E-state index contributed by atoms with van der Waals surface area (Å²) in [5.41, 5.74) is 0. The molecule has 4 heteroatoms. The molecule has 4 nitrogen and oxygen atoms in total. The number of rotatable bonds is 4. The quantitative estimate of drug-likeness (QED) is 0.536. The highest BCUT2D eigenvalue weighted by atomic mass is 16.5. The van der Waals surface area contributed by atoms with Crippen molar-refractivity contribution < 1.29 is 14.3 Å². The Kier molecular flexibility index (Phi) is 4.52. The summed E-state index contributed by atoms with van der Waals surface area (Å²) >= 11 is 0. The third-order valence-corrected chi connectivity index (χ3v) is 2.54. The van der Waals surface area contributed by atoms with Crippen LogP contribution < -0.4 is 0 Å². The lowest BCUT2D eigenvalue weighted by Gasteiger charge is -2.22. The van der Waals surface area contributed by atoms with Crippen molar-refractivity contribution in [2.24, 2.45) is 5.92 Å². The molecule has 90 valence electrons. The molecule has 1 fully saturated rings. The number of carbonyl (C=O) groups is 2. The third-order valence-electron chi connectivity index (χ3n) is 2.54. The Balaban J connectivity index is 2.54. The summed E-state index contributed by atoms with van der Waals surface area (Å²) in [4.78, 5) is 24.7. The van der Waals surface area contributed by atoms with Crippen LogP contribution in [0.4, 0.5) is 0 Å². The molecule has 0 aromatic heterocycles. The number of amides is 1. The van der Waals surface area contributed by atoms with E-state index in [-0.39, 0.29) is 11.9 Å². The largest absolute Gasteiger partial charge is 0.464 e. The minimum Gasteiger partial charge on any atom is -0.464 e. The molecule has 16 heavy (non-hydrogen) atoms. The number of likely N-dealkylation sites (tertiary alicyclic amines) is 1. The van der Waals surface area contributed by atoms with Crippen molar-refractivity contribution in [2.75, 3.05) is 13.2 Å². The smallest absolute Gasteiger partial charge is 0.328 e. The molecule has 1 heterocycles. The molecule has 0 radical (unpaired) electrons. The second-order valence-electron chi connectivity index (χ2n) is 4.42. The van der Waals surface area contributed by atoms with Gasteiger partial charge >= 0.3 is 5.97 Å². The summed E-state index contributed by atoms with van der Waals surface area (Å²) in [6, 6.07) is -0.413. The van der Waals surface area contributed by atoms with Crippen LogP contribution in [0.5, 0.6) is 0 Å². The zero-order valence-corrected chi connectivity index (χ0v) is 9.94. The van der Waals surface area contributed by atoms with E-state index in [9.17, 15) is 9.59 Å². The van der Waals surface area contributed by atoms with Gasteiger partial charge in [0.25, 0.3) is 0 Å². The predicted octanol–water partition coefficient (Wildman–Crippen LogP) is 1.36. The van der Waals surface area contributed by atoms with E-state index in [4.69, 9.17) is 4.74 Å². The van der Waals surface area contributed by atoms with Gasteiger partial charge in [0, 0.05) is 6.54 Å². The Hall–Kier alpha value is -1.32. The molecule has 0 aliphatic carbocycles. The maximum Gasteiger partial charge on any atom is 0.328 e. The fourth-order valence-corrected chi connectivity index (χ4v) is 1.74. The Morgan fingerprint density at radius 1 is 1.56 bits per heavy atom. The van der Waals surface area contributed by atoms with Gasteiger partial charge in [-0.1, -0.05) is 20.4 Å². The molecule has 1 unspecified atom stereocenters. The molecule has 1 saturated heterocycles. The summed E-state index contributed by atoms with van der Waals surface area (Å²) in [7, 11) is 0. The fourth-order valence-electron chi connectivity index (χ4n) is 1.74. The number of nitrogens with zero attached hydrogens (tertiary/aromatic N) is 1. The number of esters is 1. The van der Waals surface area contributed by atoms with Crippen LogP contribution in [0.1, 0.15) is 26.7 Å². The normalized spacial score (nSPS) is 19.9. The van der Waals surface area contributed by atoms with Crippen LogP contribution in [0.3, 0.4) is 0 Å². The van der Waals surface area contributed by atoms with E-state index in [1.807, 2.05) is 13.8 Å². The van der Waals surface area contributed by atoms with Gasteiger partial charge in [-0.2, -0.15) is 0 Å². The van der Waals surface area contributed by atoms with Crippen molar-refractivity contribution in [3.05, 3.63) is 12.7 Å². The van der Waals surface area contributed by atoms with Gasteiger partial charge in [-0.15, -0.1) is 0 Å². The molecule has 0 aromatic carbocycles. The van der Waals surface area contributed by atoms with Gasteiger partial charge in [-0.3, -0.25) is 4.79 Å². The van der Waals surface area contributed by atoms with Crippen molar-refractivity contribution in [2.45, 2.75) is 32.7 Å². The highest BCUT2D eigenvalue weighted by molar-refractivity contribution is 5.91. The monoisotopic (exact) mass is 225 g/mol. The van der Waals surface area contributed by atoms with E-state index >= 15 is 0 Å². The second kappa shape index (κ2) is 5.68. The Morgan fingerprint density at radius 2 is 2.25 bits per heavy atom. The lowest BCUT2D eigenvalue weighted by molar-refractivity contribution is -0.153. The lowest BCUT2D eigenvalue weighted by Crippen LogP contribution is -2.40. The van der Waals surface area contributed by atoms with E-state index < -0.39 is 6.04 Å². The SMILES string of the molecule is C=CC(=O)N1CCCC1C(=O)OCC(C)C. The Labute approximate surface area is 96.3 Å². The average Bonchev–Trinajstić information content (AvgIpc) is 2.73. The Bertz CT molecular complexity index is 286. The number of ether oxygens (including phenoxy) is 1. The van der Waals surface area contributed by atoms with Crippen LogP contribution >= 0.6 is 0 Å². The van der Waals surface area contributed by atoms with Gasteiger partial charge in [0.05, 0.1) is 6.61 Å². The van der Waals surface area contributed by atoms with Crippen LogP contribution in [0.15, 0.2) is 12.7 Å². The minimum atomic E-state index is -0.413. The number of hydrogen-bond donors (Lipinski definition) is 0. The van der Waals surface area contributed by atoms with E-state index in [0.717, 1.165) is 6.42 Å². The standard InChI is InChI=1S/C12H19NO3/c1-4-11(14)13-7-5-6-10(13)12(15)16-8-9(2)3/h4,9-10H,1,5-8H2,2-3H3. The topological polar surface area (TPSA) is 46.6 Å². The average molecular weight is 225 g/mol. The number of hydrogen-bond acceptors (Lipinski definition) is 3. The first-order valence-electron chi connectivity index (χ1n) is 5.66. The van der Waals surface area contributed by atoms with Crippen molar-refractivity contribution in [1.29, 1.82) is 0 Å². The zero-order chi connectivity index (χ0) is 12.1. The molecule has 0 spiro atoms. The highest BCUT2D eigenvalue weighted by Gasteiger charge is 2.34. The molecule has 1 rings (SSSR count). The summed E-state index contributed by atoms with van der Waals surface area (Å²) in [5, 5.41) is 0. The minimum absolute atomic E-state index is 0.191. The summed E-state index contributed by atoms with van der Waals surface area (Å²) in [6.07, 6.45) is 2.78. The molecular weight excluding hydrogens is 206 g/mol. The molecule has 0 bridgehead atoms. The zero-order valence-electron chi connectivity index (χ0n) is 9.94. The molecule has 1 atom stereocenters. The van der Waals surface area contributed by atoms with Gasteiger partial charge in [0.1, 0.15) is 6.04 Å². The lowest BCUT2D eigenvalue weighted by atomic mass is 10.2. The van der Waals surface area contributed by atoms with Gasteiger partial charge in [0.2, 0.25) is 5.91 Å². The van der Waals surface area contributed by atoms with Crippen LogP contribution in [-0.4, -0.2) is 36.0 Å². The van der Waals surface area contributed by atoms with E-state index in [2.05, 4.69) is 6.58 Å². The van der Waals surface area contributed by atoms with Gasteiger partial charge in [-0.05, 0) is 24.8 Å². The van der Waals surface area contributed by atoms with Crippen molar-refractivity contribution in [3.8, 4) is 0 Å². The molecule has 1 aliphatic rings.